The second kappa shape index (κ2) is 4.49. The van der Waals surface area contributed by atoms with Gasteiger partial charge < -0.3 is 14.2 Å². The summed E-state index contributed by atoms with van der Waals surface area (Å²) >= 11 is 0. The van der Waals surface area contributed by atoms with Crippen LogP contribution in [0.25, 0.3) is 6.08 Å². The van der Waals surface area contributed by atoms with Gasteiger partial charge in [-0.3, -0.25) is 4.79 Å². The van der Waals surface area contributed by atoms with Gasteiger partial charge in [0.15, 0.2) is 17.3 Å². The molecule has 0 saturated heterocycles. The molecule has 17 heavy (non-hydrogen) atoms. The molecule has 4 nitrogen and oxygen atoms in total. The summed E-state index contributed by atoms with van der Waals surface area (Å²) in [5.41, 5.74) is 1.49. The highest BCUT2D eigenvalue weighted by Crippen LogP contribution is 2.37. The van der Waals surface area contributed by atoms with Crippen molar-refractivity contribution in [3.63, 3.8) is 0 Å². The summed E-state index contributed by atoms with van der Waals surface area (Å²) in [5.74, 6) is 1.96. The van der Waals surface area contributed by atoms with E-state index in [2.05, 4.69) is 0 Å². The summed E-state index contributed by atoms with van der Waals surface area (Å²) in [6, 6.07) is 3.57. The number of methoxy groups -OCH3 is 2. The van der Waals surface area contributed by atoms with Crippen molar-refractivity contribution in [2.75, 3.05) is 20.8 Å². The lowest BCUT2D eigenvalue weighted by atomic mass is 10.0. The molecule has 0 radical (unpaired) electrons. The fourth-order valence-electron chi connectivity index (χ4n) is 1.70. The van der Waals surface area contributed by atoms with Gasteiger partial charge in [0.05, 0.1) is 14.2 Å². The molecule has 0 N–H and O–H groups in total. The predicted molar refractivity (Wildman–Crippen MR) is 63.7 cm³/mol. The zero-order valence-electron chi connectivity index (χ0n) is 10.1. The first-order valence-electron chi connectivity index (χ1n) is 5.26. The maximum atomic E-state index is 11.3. The van der Waals surface area contributed by atoms with E-state index < -0.39 is 0 Å². The maximum Gasteiger partial charge on any atom is 0.164 e. The molecule has 1 heterocycles. The number of fused-ring (bicyclic) bond motifs is 1. The third-order valence-electron chi connectivity index (χ3n) is 2.68. The molecule has 0 bridgehead atoms. The fraction of sp³-hybridized carbons (Fsp3) is 0.308. The number of carbonyl (C=O) groups excluding carboxylic acids is 1. The van der Waals surface area contributed by atoms with Crippen molar-refractivity contribution < 1.29 is 19.0 Å². The summed E-state index contributed by atoms with van der Waals surface area (Å²) in [6.45, 7) is 1.83. The van der Waals surface area contributed by atoms with E-state index >= 15 is 0 Å². The van der Waals surface area contributed by atoms with Gasteiger partial charge >= 0.3 is 0 Å². The summed E-state index contributed by atoms with van der Waals surface area (Å²) in [4.78, 5) is 11.3. The third kappa shape index (κ3) is 2.11. The SMILES string of the molecule is COc1cc2c(cc1OC)OCC(C(C)=O)=C2. The molecule has 1 aromatic carbocycles. The molecule has 0 aliphatic carbocycles. The summed E-state index contributed by atoms with van der Waals surface area (Å²) in [7, 11) is 3.15. The molecular weight excluding hydrogens is 220 g/mol. The quantitative estimate of drug-likeness (QED) is 0.803. The maximum absolute atomic E-state index is 11.3. The molecule has 0 spiro atoms. The lowest BCUT2D eigenvalue weighted by Crippen LogP contribution is -2.12. The standard InChI is InChI=1S/C13H14O4/c1-8(14)10-4-9-5-12(15-2)13(16-3)6-11(9)17-7-10/h4-6H,7H2,1-3H3. The molecule has 1 aromatic rings. The van der Waals surface area contributed by atoms with Gasteiger partial charge in [-0.2, -0.15) is 0 Å². The Balaban J connectivity index is 2.49. The van der Waals surface area contributed by atoms with E-state index in [4.69, 9.17) is 14.2 Å². The Hall–Kier alpha value is -1.97. The van der Waals surface area contributed by atoms with E-state index in [0.717, 1.165) is 5.56 Å². The molecule has 2 rings (SSSR count). The highest BCUT2D eigenvalue weighted by atomic mass is 16.5. The van der Waals surface area contributed by atoms with Crippen LogP contribution in [0.1, 0.15) is 12.5 Å². The highest BCUT2D eigenvalue weighted by Gasteiger charge is 2.17. The molecule has 1 aliphatic rings. The molecule has 4 heteroatoms. The normalized spacial score (nSPS) is 13.2. The third-order valence-corrected chi connectivity index (χ3v) is 2.68. The van der Waals surface area contributed by atoms with Crippen molar-refractivity contribution in [3.05, 3.63) is 23.3 Å². The molecule has 0 fully saturated rings. The van der Waals surface area contributed by atoms with Crippen molar-refractivity contribution >= 4 is 11.9 Å². The number of ketones is 1. The average Bonchev–Trinajstić information content (AvgIpc) is 2.36. The predicted octanol–water partition coefficient (Wildman–Crippen LogP) is 2.07. The molecule has 1 aliphatic heterocycles. The minimum Gasteiger partial charge on any atom is -0.493 e. The molecule has 90 valence electrons. The number of carbonyl (C=O) groups is 1. The van der Waals surface area contributed by atoms with Crippen molar-refractivity contribution in [1.82, 2.24) is 0 Å². The van der Waals surface area contributed by atoms with Crippen molar-refractivity contribution in [3.8, 4) is 17.2 Å². The van der Waals surface area contributed by atoms with E-state index in [1.54, 1.807) is 26.4 Å². The van der Waals surface area contributed by atoms with Crippen LogP contribution in [0.4, 0.5) is 0 Å². The van der Waals surface area contributed by atoms with Crippen molar-refractivity contribution in [2.24, 2.45) is 0 Å². The zero-order chi connectivity index (χ0) is 12.4. The number of rotatable bonds is 3. The van der Waals surface area contributed by atoms with E-state index in [-0.39, 0.29) is 5.78 Å². The van der Waals surface area contributed by atoms with E-state index in [9.17, 15) is 4.79 Å². The second-order valence-corrected chi connectivity index (χ2v) is 3.76. The molecule has 0 unspecified atom stereocenters. The Morgan fingerprint density at radius 2 is 1.88 bits per heavy atom. The Bertz CT molecular complexity index is 488. The van der Waals surface area contributed by atoms with Gasteiger partial charge in [-0.1, -0.05) is 0 Å². The first-order chi connectivity index (χ1) is 8.15. The van der Waals surface area contributed by atoms with Gasteiger partial charge in [0, 0.05) is 17.2 Å². The van der Waals surface area contributed by atoms with Gasteiger partial charge in [-0.25, -0.2) is 0 Å². The van der Waals surface area contributed by atoms with E-state index in [1.807, 2.05) is 6.08 Å². The van der Waals surface area contributed by atoms with Crippen LogP contribution >= 0.6 is 0 Å². The van der Waals surface area contributed by atoms with E-state index in [0.29, 0.717) is 29.4 Å². The first kappa shape index (κ1) is 11.5. The lowest BCUT2D eigenvalue weighted by molar-refractivity contribution is -0.113. The molecule has 0 amide bonds. The van der Waals surface area contributed by atoms with Gasteiger partial charge in [0.2, 0.25) is 0 Å². The minimum atomic E-state index is 0.0189. The van der Waals surface area contributed by atoms with Crippen LogP contribution in [0.15, 0.2) is 17.7 Å². The Kier molecular flexibility index (Phi) is 3.04. The number of ether oxygens (including phenoxy) is 3. The Morgan fingerprint density at radius 3 is 2.47 bits per heavy atom. The minimum absolute atomic E-state index is 0.0189. The van der Waals surface area contributed by atoms with Crippen LogP contribution in [0.5, 0.6) is 17.2 Å². The topological polar surface area (TPSA) is 44.8 Å². The number of benzene rings is 1. The number of hydrogen-bond acceptors (Lipinski definition) is 4. The Morgan fingerprint density at radius 1 is 1.24 bits per heavy atom. The van der Waals surface area contributed by atoms with E-state index in [1.165, 1.54) is 6.92 Å². The van der Waals surface area contributed by atoms with Crippen molar-refractivity contribution in [1.29, 1.82) is 0 Å². The molecule has 0 saturated carbocycles. The first-order valence-corrected chi connectivity index (χ1v) is 5.26. The highest BCUT2D eigenvalue weighted by molar-refractivity contribution is 5.99. The summed E-state index contributed by atoms with van der Waals surface area (Å²) in [5, 5.41) is 0. The monoisotopic (exact) mass is 234 g/mol. The van der Waals surface area contributed by atoms with Crippen LogP contribution in [-0.4, -0.2) is 26.6 Å². The molecule has 0 atom stereocenters. The summed E-state index contributed by atoms with van der Waals surface area (Å²) < 4.78 is 15.9. The van der Waals surface area contributed by atoms with Gasteiger partial charge in [-0.15, -0.1) is 0 Å². The molecular formula is C13H14O4. The fourth-order valence-corrected chi connectivity index (χ4v) is 1.70. The van der Waals surface area contributed by atoms with Gasteiger partial charge in [-0.05, 0) is 19.1 Å². The Labute approximate surface area is 99.8 Å². The average molecular weight is 234 g/mol. The van der Waals surface area contributed by atoms with Gasteiger partial charge in [0.1, 0.15) is 12.4 Å². The molecule has 0 aromatic heterocycles. The lowest BCUT2D eigenvalue weighted by Gasteiger charge is -2.18. The van der Waals surface area contributed by atoms with Gasteiger partial charge in [0.25, 0.3) is 0 Å². The zero-order valence-corrected chi connectivity index (χ0v) is 10.1. The van der Waals surface area contributed by atoms with Crippen LogP contribution in [-0.2, 0) is 4.79 Å². The second-order valence-electron chi connectivity index (χ2n) is 3.76. The van der Waals surface area contributed by atoms with Crippen LogP contribution in [0.2, 0.25) is 0 Å². The number of hydrogen-bond donors (Lipinski definition) is 0. The van der Waals surface area contributed by atoms with Crippen LogP contribution < -0.4 is 14.2 Å². The van der Waals surface area contributed by atoms with Crippen LogP contribution in [0.3, 0.4) is 0 Å². The van der Waals surface area contributed by atoms with Crippen LogP contribution in [0, 0.1) is 0 Å². The number of Topliss-reactive ketones (excluding diaryl/α,β-unsaturated/α-hetero) is 1. The largest absolute Gasteiger partial charge is 0.493 e. The smallest absolute Gasteiger partial charge is 0.164 e. The van der Waals surface area contributed by atoms with Crippen molar-refractivity contribution in [2.45, 2.75) is 6.92 Å². The summed E-state index contributed by atoms with van der Waals surface area (Å²) in [6.07, 6.45) is 1.82.